The first kappa shape index (κ1) is 16.5. The molecule has 1 amide bonds. The molecule has 2 aromatic rings. The van der Waals surface area contributed by atoms with E-state index in [1.807, 2.05) is 61.7 Å². The van der Waals surface area contributed by atoms with Gasteiger partial charge in [0.05, 0.1) is 12.7 Å². The second kappa shape index (κ2) is 8.51. The summed E-state index contributed by atoms with van der Waals surface area (Å²) in [5, 5.41) is 4.90. The van der Waals surface area contributed by atoms with E-state index in [0.29, 0.717) is 13.2 Å². The largest absolute Gasteiger partial charge is 0.374 e. The van der Waals surface area contributed by atoms with Gasteiger partial charge < -0.3 is 10.1 Å². The van der Waals surface area contributed by atoms with Crippen LogP contribution in [0, 0.1) is 0 Å². The van der Waals surface area contributed by atoms with Crippen molar-refractivity contribution in [1.82, 2.24) is 5.32 Å². The summed E-state index contributed by atoms with van der Waals surface area (Å²) in [6.07, 6.45) is 3.59. The summed E-state index contributed by atoms with van der Waals surface area (Å²) < 4.78 is 5.65. The van der Waals surface area contributed by atoms with Gasteiger partial charge in [0.2, 0.25) is 5.91 Å². The Morgan fingerprint density at radius 1 is 1.23 bits per heavy atom. The van der Waals surface area contributed by atoms with Gasteiger partial charge in [-0.05, 0) is 42.5 Å². The molecule has 1 aromatic carbocycles. The topological polar surface area (TPSA) is 38.3 Å². The predicted octanol–water partition coefficient (Wildman–Crippen LogP) is 4.00. The first-order valence-electron chi connectivity index (χ1n) is 7.33. The Kier molecular flexibility index (Phi) is 6.37. The van der Waals surface area contributed by atoms with E-state index in [9.17, 15) is 4.79 Å². The maximum absolute atomic E-state index is 11.9. The molecule has 2 rings (SSSR count). The van der Waals surface area contributed by atoms with Gasteiger partial charge in [0.1, 0.15) is 0 Å². The van der Waals surface area contributed by atoms with Crippen molar-refractivity contribution in [3.63, 3.8) is 0 Å². The van der Waals surface area contributed by atoms with Crippen LogP contribution in [0.15, 0.2) is 47.9 Å². The molecule has 1 heterocycles. The van der Waals surface area contributed by atoms with E-state index in [0.717, 1.165) is 16.0 Å². The summed E-state index contributed by atoms with van der Waals surface area (Å²) in [5.41, 5.74) is 2.19. The maximum atomic E-state index is 11.9. The van der Waals surface area contributed by atoms with Crippen molar-refractivity contribution in [2.45, 2.75) is 33.1 Å². The van der Waals surface area contributed by atoms with Crippen LogP contribution in [0.3, 0.4) is 0 Å². The van der Waals surface area contributed by atoms with Crippen molar-refractivity contribution in [2.24, 2.45) is 0 Å². The van der Waals surface area contributed by atoms with Gasteiger partial charge in [0, 0.05) is 17.5 Å². The number of nitrogens with one attached hydrogen (secondary N) is 1. The smallest absolute Gasteiger partial charge is 0.244 e. The molecule has 0 aliphatic carbocycles. The molecular formula is C18H21NO2S. The predicted molar refractivity (Wildman–Crippen MR) is 91.6 cm³/mol. The zero-order valence-electron chi connectivity index (χ0n) is 12.9. The summed E-state index contributed by atoms with van der Waals surface area (Å²) in [6, 6.07) is 12.0. The first-order valence-corrected chi connectivity index (χ1v) is 8.21. The monoisotopic (exact) mass is 315 g/mol. The van der Waals surface area contributed by atoms with E-state index in [1.54, 1.807) is 17.4 Å². The van der Waals surface area contributed by atoms with Crippen molar-refractivity contribution in [1.29, 1.82) is 0 Å². The number of amides is 1. The van der Waals surface area contributed by atoms with Crippen molar-refractivity contribution >= 4 is 23.3 Å². The highest BCUT2D eigenvalue weighted by molar-refractivity contribution is 7.10. The third-order valence-corrected chi connectivity index (χ3v) is 3.92. The van der Waals surface area contributed by atoms with E-state index in [1.165, 1.54) is 0 Å². The fourth-order valence-electron chi connectivity index (χ4n) is 1.91. The lowest BCUT2D eigenvalue weighted by molar-refractivity contribution is -0.116. The van der Waals surface area contributed by atoms with Gasteiger partial charge in [0.25, 0.3) is 0 Å². The molecule has 4 heteroatoms. The van der Waals surface area contributed by atoms with Crippen molar-refractivity contribution in [3.05, 3.63) is 63.9 Å². The van der Waals surface area contributed by atoms with Crippen LogP contribution in [-0.2, 0) is 22.7 Å². The van der Waals surface area contributed by atoms with Gasteiger partial charge in [0.15, 0.2) is 0 Å². The van der Waals surface area contributed by atoms with E-state index >= 15 is 0 Å². The number of hydrogen-bond donors (Lipinski definition) is 1. The van der Waals surface area contributed by atoms with Gasteiger partial charge in [-0.3, -0.25) is 4.79 Å². The molecule has 1 aromatic heterocycles. The molecule has 0 aliphatic rings. The summed E-state index contributed by atoms with van der Waals surface area (Å²) in [4.78, 5) is 12.9. The van der Waals surface area contributed by atoms with Gasteiger partial charge in [-0.15, -0.1) is 11.3 Å². The van der Waals surface area contributed by atoms with Crippen LogP contribution in [-0.4, -0.2) is 12.0 Å². The highest BCUT2D eigenvalue weighted by atomic mass is 32.1. The molecule has 0 saturated carbocycles. The Morgan fingerprint density at radius 2 is 2.00 bits per heavy atom. The van der Waals surface area contributed by atoms with Gasteiger partial charge in [-0.2, -0.15) is 0 Å². The molecule has 1 N–H and O–H groups in total. The molecule has 116 valence electrons. The Labute approximate surface area is 135 Å². The molecular weight excluding hydrogens is 294 g/mol. The SMILES string of the molecule is CC(C)OCc1ccccc1CNC(=O)C=Cc1cccs1. The average molecular weight is 315 g/mol. The number of benzene rings is 1. The van der Waals surface area contributed by atoms with E-state index in [4.69, 9.17) is 4.74 Å². The maximum Gasteiger partial charge on any atom is 0.244 e. The Bertz CT molecular complexity index is 618. The molecule has 0 bridgehead atoms. The lowest BCUT2D eigenvalue weighted by Gasteiger charge is -2.12. The van der Waals surface area contributed by atoms with E-state index in [2.05, 4.69) is 5.32 Å². The van der Waals surface area contributed by atoms with Crippen LogP contribution >= 0.6 is 11.3 Å². The summed E-state index contributed by atoms with van der Waals surface area (Å²) in [5.74, 6) is -0.0898. The normalized spacial score (nSPS) is 11.2. The Hall–Kier alpha value is -1.91. The van der Waals surface area contributed by atoms with Gasteiger partial charge >= 0.3 is 0 Å². The molecule has 0 aliphatic heterocycles. The fourth-order valence-corrected chi connectivity index (χ4v) is 2.53. The van der Waals surface area contributed by atoms with Crippen LogP contribution in [0.1, 0.15) is 29.9 Å². The van der Waals surface area contributed by atoms with Gasteiger partial charge in [-0.1, -0.05) is 30.3 Å². The molecule has 0 fully saturated rings. The second-order valence-corrected chi connectivity index (χ2v) is 6.17. The molecule has 3 nitrogen and oxygen atoms in total. The van der Waals surface area contributed by atoms with Crippen LogP contribution in [0.5, 0.6) is 0 Å². The highest BCUT2D eigenvalue weighted by Crippen LogP contribution is 2.12. The molecule has 0 spiro atoms. The van der Waals surface area contributed by atoms with Crippen molar-refractivity contribution in [3.8, 4) is 0 Å². The van der Waals surface area contributed by atoms with Crippen LogP contribution in [0.25, 0.3) is 6.08 Å². The summed E-state index contributed by atoms with van der Waals surface area (Å²) in [6.45, 7) is 5.10. The van der Waals surface area contributed by atoms with Crippen LogP contribution < -0.4 is 5.32 Å². The van der Waals surface area contributed by atoms with E-state index < -0.39 is 0 Å². The molecule has 22 heavy (non-hydrogen) atoms. The molecule has 0 saturated heterocycles. The molecule has 0 unspecified atom stereocenters. The number of carbonyl (C=O) groups is 1. The lowest BCUT2D eigenvalue weighted by atomic mass is 10.1. The number of hydrogen-bond acceptors (Lipinski definition) is 3. The second-order valence-electron chi connectivity index (χ2n) is 5.20. The lowest BCUT2D eigenvalue weighted by Crippen LogP contribution is -2.21. The number of thiophene rings is 1. The first-order chi connectivity index (χ1) is 10.6. The van der Waals surface area contributed by atoms with Crippen LogP contribution in [0.2, 0.25) is 0 Å². The number of carbonyl (C=O) groups excluding carboxylic acids is 1. The average Bonchev–Trinajstić information content (AvgIpc) is 3.03. The number of rotatable bonds is 7. The minimum atomic E-state index is -0.0898. The molecule has 0 atom stereocenters. The zero-order valence-corrected chi connectivity index (χ0v) is 13.7. The Morgan fingerprint density at radius 3 is 2.68 bits per heavy atom. The molecule has 0 radical (unpaired) electrons. The van der Waals surface area contributed by atoms with Crippen molar-refractivity contribution in [2.75, 3.05) is 0 Å². The minimum absolute atomic E-state index is 0.0898. The zero-order chi connectivity index (χ0) is 15.8. The summed E-state index contributed by atoms with van der Waals surface area (Å²) >= 11 is 1.61. The van der Waals surface area contributed by atoms with Crippen molar-refractivity contribution < 1.29 is 9.53 Å². The quantitative estimate of drug-likeness (QED) is 0.784. The third kappa shape index (κ3) is 5.47. The third-order valence-electron chi connectivity index (χ3n) is 3.09. The Balaban J connectivity index is 1.89. The summed E-state index contributed by atoms with van der Waals surface area (Å²) in [7, 11) is 0. The van der Waals surface area contributed by atoms with Crippen LogP contribution in [0.4, 0.5) is 0 Å². The fraction of sp³-hybridized carbons (Fsp3) is 0.278. The standard InChI is InChI=1S/C18H21NO2S/c1-14(2)21-13-16-7-4-3-6-15(16)12-19-18(20)10-9-17-8-5-11-22-17/h3-11,14H,12-13H2,1-2H3,(H,19,20). The highest BCUT2D eigenvalue weighted by Gasteiger charge is 2.04. The number of ether oxygens (including phenoxy) is 1. The van der Waals surface area contributed by atoms with E-state index in [-0.39, 0.29) is 12.0 Å². The minimum Gasteiger partial charge on any atom is -0.374 e. The van der Waals surface area contributed by atoms with Gasteiger partial charge in [-0.25, -0.2) is 0 Å².